The topological polar surface area (TPSA) is 20.2 Å². The summed E-state index contributed by atoms with van der Waals surface area (Å²) < 4.78 is 0. The summed E-state index contributed by atoms with van der Waals surface area (Å²) in [7, 11) is 0. The van der Waals surface area contributed by atoms with Crippen LogP contribution in [0.1, 0.15) is 119 Å². The molecule has 9 atom stereocenters. The molecule has 0 aromatic heterocycles. The molecule has 0 bridgehead atoms. The first-order valence-electron chi connectivity index (χ1n) is 14.2. The van der Waals surface area contributed by atoms with Crippen LogP contribution in [0.25, 0.3) is 0 Å². The fraction of sp³-hybridized carbons (Fsp3) is 0.935. The molecule has 5 aliphatic carbocycles. The fourth-order valence-electron chi connectivity index (χ4n) is 11.2. The van der Waals surface area contributed by atoms with Gasteiger partial charge >= 0.3 is 0 Å². The zero-order chi connectivity index (χ0) is 23.3. The van der Waals surface area contributed by atoms with Crippen molar-refractivity contribution in [1.29, 1.82) is 0 Å². The Bertz CT molecular complexity index is 779. The second-order valence-corrected chi connectivity index (χ2v) is 14.9. The molecule has 5 saturated carbocycles. The van der Waals surface area contributed by atoms with Crippen LogP contribution in [0.5, 0.6) is 0 Å². The number of hydrogen-bond acceptors (Lipinski definition) is 1. The van der Waals surface area contributed by atoms with Gasteiger partial charge in [-0.2, -0.15) is 0 Å². The number of allylic oxidation sites excluding steroid dienone is 1. The van der Waals surface area contributed by atoms with E-state index in [1.165, 1.54) is 69.8 Å². The van der Waals surface area contributed by atoms with Gasteiger partial charge in [-0.1, -0.05) is 60.6 Å². The van der Waals surface area contributed by atoms with E-state index in [9.17, 15) is 5.11 Å². The summed E-state index contributed by atoms with van der Waals surface area (Å²) in [6.45, 7) is 21.8. The molecule has 5 aliphatic rings. The second-order valence-electron chi connectivity index (χ2n) is 14.9. The fourth-order valence-corrected chi connectivity index (χ4v) is 11.2. The van der Waals surface area contributed by atoms with Crippen LogP contribution in [0.3, 0.4) is 0 Å². The molecule has 1 unspecified atom stereocenters. The van der Waals surface area contributed by atoms with E-state index in [2.05, 4.69) is 55.0 Å². The van der Waals surface area contributed by atoms with Gasteiger partial charge in [0.25, 0.3) is 0 Å². The molecule has 182 valence electrons. The van der Waals surface area contributed by atoms with E-state index in [1.807, 2.05) is 0 Å². The molecule has 2 spiro atoms. The molecule has 0 aliphatic heterocycles. The third kappa shape index (κ3) is 2.73. The Morgan fingerprint density at radius 3 is 2.19 bits per heavy atom. The minimum atomic E-state index is -0.0888. The Kier molecular flexibility index (Phi) is 5.21. The van der Waals surface area contributed by atoms with Crippen LogP contribution in [0.4, 0.5) is 0 Å². The van der Waals surface area contributed by atoms with Crippen molar-refractivity contribution >= 4 is 0 Å². The maximum atomic E-state index is 10.9. The number of hydrogen-bond donors (Lipinski definition) is 1. The second kappa shape index (κ2) is 7.11. The highest BCUT2D eigenvalue weighted by Crippen LogP contribution is 2.89. The summed E-state index contributed by atoms with van der Waals surface area (Å²) in [5, 5.41) is 10.9. The van der Waals surface area contributed by atoms with Crippen LogP contribution in [-0.2, 0) is 0 Å². The summed E-state index contributed by atoms with van der Waals surface area (Å²) in [6, 6.07) is 0. The lowest BCUT2D eigenvalue weighted by molar-refractivity contribution is -0.161. The van der Waals surface area contributed by atoms with E-state index in [-0.39, 0.29) is 11.5 Å². The summed E-state index contributed by atoms with van der Waals surface area (Å²) in [5.74, 6) is 4.02. The highest BCUT2D eigenvalue weighted by Gasteiger charge is 2.82. The third-order valence-electron chi connectivity index (χ3n) is 13.6. The van der Waals surface area contributed by atoms with E-state index in [1.54, 1.807) is 0 Å². The van der Waals surface area contributed by atoms with Crippen LogP contribution in [0, 0.1) is 56.7 Å². The molecule has 0 radical (unpaired) electrons. The number of aliphatic hydroxyl groups excluding tert-OH is 1. The van der Waals surface area contributed by atoms with E-state index < -0.39 is 0 Å². The van der Waals surface area contributed by atoms with E-state index >= 15 is 0 Å². The van der Waals surface area contributed by atoms with Crippen molar-refractivity contribution in [1.82, 2.24) is 0 Å². The SMILES string of the molecule is C=C(CC[C@@H](C)[C@H]1CC[C@@]2(C)C3CC[C@H]4C(C)(C)[C@@H](O)CC[C@@]45C[C@@]35CC[C@]12C)C(C)C. The third-order valence-corrected chi connectivity index (χ3v) is 13.6. The van der Waals surface area contributed by atoms with Gasteiger partial charge in [-0.25, -0.2) is 0 Å². The predicted molar refractivity (Wildman–Crippen MR) is 135 cm³/mol. The maximum absolute atomic E-state index is 10.9. The van der Waals surface area contributed by atoms with Crippen molar-refractivity contribution in [3.05, 3.63) is 12.2 Å². The molecule has 1 nitrogen and oxygen atoms in total. The number of fused-ring (bicyclic) bond motifs is 2. The molecular weight excluding hydrogens is 388 g/mol. The van der Waals surface area contributed by atoms with Gasteiger partial charge in [-0.3, -0.25) is 0 Å². The standard InChI is InChI=1S/C31H52O/c1-20(2)21(3)9-10-22(4)23-13-15-29(8)25-12-11-24-27(5,6)26(32)14-16-30(24)19-31(25,30)18-17-28(23,29)7/h20,22-26,32H,3,9-19H2,1-2,4-8H3/t22-,23-,24+,25?,26+,28-,29+,30-,31+/m1/s1. The van der Waals surface area contributed by atoms with Gasteiger partial charge in [0.05, 0.1) is 6.10 Å². The molecule has 5 rings (SSSR count). The average Bonchev–Trinajstić information content (AvgIpc) is 3.31. The van der Waals surface area contributed by atoms with Gasteiger partial charge in [-0.05, 0) is 127 Å². The van der Waals surface area contributed by atoms with Crippen molar-refractivity contribution in [2.24, 2.45) is 56.7 Å². The summed E-state index contributed by atoms with van der Waals surface area (Å²) in [6.07, 6.45) is 15.0. The first-order valence-corrected chi connectivity index (χ1v) is 14.2. The van der Waals surface area contributed by atoms with Crippen LogP contribution in [-0.4, -0.2) is 11.2 Å². The molecule has 32 heavy (non-hydrogen) atoms. The van der Waals surface area contributed by atoms with Gasteiger partial charge < -0.3 is 5.11 Å². The maximum Gasteiger partial charge on any atom is 0.0594 e. The monoisotopic (exact) mass is 440 g/mol. The van der Waals surface area contributed by atoms with Crippen LogP contribution >= 0.6 is 0 Å². The molecule has 0 saturated heterocycles. The van der Waals surface area contributed by atoms with Gasteiger partial charge in [0, 0.05) is 0 Å². The van der Waals surface area contributed by atoms with Crippen LogP contribution in [0.2, 0.25) is 0 Å². The Labute approximate surface area is 199 Å². The average molecular weight is 441 g/mol. The molecule has 0 amide bonds. The van der Waals surface area contributed by atoms with E-state index in [0.29, 0.717) is 27.6 Å². The van der Waals surface area contributed by atoms with E-state index in [0.717, 1.165) is 30.1 Å². The molecule has 0 aromatic carbocycles. The van der Waals surface area contributed by atoms with Crippen molar-refractivity contribution in [3.8, 4) is 0 Å². The molecule has 1 heteroatoms. The van der Waals surface area contributed by atoms with Crippen LogP contribution in [0.15, 0.2) is 12.2 Å². The lowest BCUT2D eigenvalue weighted by Gasteiger charge is -2.63. The van der Waals surface area contributed by atoms with Crippen molar-refractivity contribution in [2.75, 3.05) is 0 Å². The quantitative estimate of drug-likeness (QED) is 0.425. The van der Waals surface area contributed by atoms with Gasteiger partial charge in [0.1, 0.15) is 0 Å². The number of rotatable bonds is 5. The zero-order valence-corrected chi connectivity index (χ0v) is 22.4. The van der Waals surface area contributed by atoms with Crippen molar-refractivity contribution in [2.45, 2.75) is 125 Å². The lowest BCUT2D eigenvalue weighted by atomic mass is 9.41. The molecular formula is C31H52O. The zero-order valence-electron chi connectivity index (χ0n) is 22.4. The van der Waals surface area contributed by atoms with Crippen LogP contribution < -0.4 is 0 Å². The molecule has 1 N–H and O–H groups in total. The van der Waals surface area contributed by atoms with Crippen molar-refractivity contribution in [3.63, 3.8) is 0 Å². The largest absolute Gasteiger partial charge is 0.393 e. The summed E-state index contributed by atoms with van der Waals surface area (Å²) in [5.41, 5.74) is 3.79. The summed E-state index contributed by atoms with van der Waals surface area (Å²) in [4.78, 5) is 0. The first kappa shape index (κ1) is 23.4. The normalized spacial score (nSPS) is 51.9. The smallest absolute Gasteiger partial charge is 0.0594 e. The first-order chi connectivity index (χ1) is 14.9. The van der Waals surface area contributed by atoms with E-state index in [4.69, 9.17) is 0 Å². The highest BCUT2D eigenvalue weighted by atomic mass is 16.3. The Morgan fingerprint density at radius 2 is 1.50 bits per heavy atom. The molecule has 0 aromatic rings. The Hall–Kier alpha value is -0.300. The van der Waals surface area contributed by atoms with Gasteiger partial charge in [-0.15, -0.1) is 0 Å². The van der Waals surface area contributed by atoms with Gasteiger partial charge in [0.2, 0.25) is 0 Å². The van der Waals surface area contributed by atoms with Gasteiger partial charge in [0.15, 0.2) is 0 Å². The summed E-state index contributed by atoms with van der Waals surface area (Å²) >= 11 is 0. The highest BCUT2D eigenvalue weighted by molar-refractivity contribution is 5.30. The minimum absolute atomic E-state index is 0.0888. The molecule has 5 fully saturated rings. The lowest BCUT2D eigenvalue weighted by Crippen LogP contribution is -2.57. The minimum Gasteiger partial charge on any atom is -0.393 e. The molecule has 0 heterocycles. The number of aliphatic hydroxyl groups is 1. The van der Waals surface area contributed by atoms with Crippen molar-refractivity contribution < 1.29 is 5.11 Å². The Balaban J connectivity index is 1.39. The Morgan fingerprint density at radius 1 is 0.844 bits per heavy atom. The predicted octanol–water partition coefficient (Wildman–Crippen LogP) is 8.41.